The molecule has 1 aromatic carbocycles. The zero-order valence-electron chi connectivity index (χ0n) is 16.6. The summed E-state index contributed by atoms with van der Waals surface area (Å²) in [6, 6.07) is 6.75. The van der Waals surface area contributed by atoms with Crippen molar-refractivity contribution >= 4 is 29.1 Å². The fraction of sp³-hybridized carbons (Fsp3) is 0.238. The summed E-state index contributed by atoms with van der Waals surface area (Å²) in [6.07, 6.45) is 5.30. The highest BCUT2D eigenvalue weighted by Crippen LogP contribution is 2.23. The third-order valence-corrected chi connectivity index (χ3v) is 5.35. The Hall–Kier alpha value is -3.39. The highest BCUT2D eigenvalue weighted by Gasteiger charge is 2.28. The Morgan fingerprint density at radius 3 is 2.70 bits per heavy atom. The lowest BCUT2D eigenvalue weighted by Crippen LogP contribution is -2.40. The summed E-state index contributed by atoms with van der Waals surface area (Å²) in [7, 11) is 3.35. The highest BCUT2D eigenvalue weighted by molar-refractivity contribution is 6.31. The molecule has 0 spiro atoms. The van der Waals surface area contributed by atoms with E-state index in [9.17, 15) is 14.4 Å². The Bertz CT molecular complexity index is 1210. The van der Waals surface area contributed by atoms with E-state index in [-0.39, 0.29) is 17.0 Å². The van der Waals surface area contributed by atoms with Crippen molar-refractivity contribution in [3.63, 3.8) is 0 Å². The van der Waals surface area contributed by atoms with E-state index in [4.69, 9.17) is 11.6 Å². The molecule has 0 unspecified atom stereocenters. The second-order valence-electron chi connectivity index (χ2n) is 7.27. The van der Waals surface area contributed by atoms with Gasteiger partial charge in [0.2, 0.25) is 0 Å². The molecule has 0 radical (unpaired) electrons. The van der Waals surface area contributed by atoms with Gasteiger partial charge in [0.1, 0.15) is 5.56 Å². The van der Waals surface area contributed by atoms with E-state index >= 15 is 0 Å². The van der Waals surface area contributed by atoms with Crippen LogP contribution in [-0.4, -0.2) is 37.6 Å². The number of carbonyl (C=O) groups is 2. The molecule has 3 heterocycles. The Kier molecular flexibility index (Phi) is 5.17. The van der Waals surface area contributed by atoms with Crippen LogP contribution in [0.4, 0.5) is 5.69 Å². The molecule has 1 aliphatic rings. The summed E-state index contributed by atoms with van der Waals surface area (Å²) in [5.74, 6) is -0.616. The van der Waals surface area contributed by atoms with Crippen LogP contribution in [0.25, 0.3) is 0 Å². The molecule has 0 aliphatic carbocycles. The molecule has 0 fully saturated rings. The fourth-order valence-electron chi connectivity index (χ4n) is 3.67. The topological polar surface area (TPSA) is 89.2 Å². The first-order chi connectivity index (χ1) is 14.3. The van der Waals surface area contributed by atoms with Crippen molar-refractivity contribution in [2.24, 2.45) is 14.1 Å². The maximum Gasteiger partial charge on any atom is 0.263 e. The van der Waals surface area contributed by atoms with Crippen molar-refractivity contribution in [3.8, 4) is 0 Å². The van der Waals surface area contributed by atoms with Gasteiger partial charge in [-0.25, -0.2) is 0 Å². The van der Waals surface area contributed by atoms with Gasteiger partial charge in [-0.1, -0.05) is 17.7 Å². The molecule has 3 aromatic rings. The first kappa shape index (κ1) is 19.9. The van der Waals surface area contributed by atoms with Crippen LogP contribution in [0.1, 0.15) is 31.8 Å². The minimum Gasteiger partial charge on any atom is -0.334 e. The summed E-state index contributed by atoms with van der Waals surface area (Å²) >= 11 is 5.98. The van der Waals surface area contributed by atoms with Crippen molar-refractivity contribution in [2.45, 2.75) is 13.0 Å². The van der Waals surface area contributed by atoms with E-state index in [2.05, 4.69) is 10.4 Å². The molecule has 4 rings (SSSR count). The van der Waals surface area contributed by atoms with Gasteiger partial charge >= 0.3 is 0 Å². The van der Waals surface area contributed by atoms with Crippen LogP contribution in [0.5, 0.6) is 0 Å². The predicted octanol–water partition coefficient (Wildman–Crippen LogP) is 2.22. The number of aromatic nitrogens is 3. The number of hydrogen-bond acceptors (Lipinski definition) is 4. The van der Waals surface area contributed by atoms with Gasteiger partial charge in [0, 0.05) is 50.3 Å². The minimum atomic E-state index is -0.484. The lowest BCUT2D eigenvalue weighted by atomic mass is 9.95. The number of fused-ring (bicyclic) bond motifs is 1. The van der Waals surface area contributed by atoms with Gasteiger partial charge in [-0.2, -0.15) is 5.10 Å². The molecule has 1 N–H and O–H groups in total. The predicted molar refractivity (Wildman–Crippen MR) is 113 cm³/mol. The third-order valence-electron chi connectivity index (χ3n) is 5.11. The van der Waals surface area contributed by atoms with Crippen molar-refractivity contribution < 1.29 is 9.59 Å². The van der Waals surface area contributed by atoms with Gasteiger partial charge in [-0.3, -0.25) is 19.1 Å². The van der Waals surface area contributed by atoms with E-state index in [1.807, 2.05) is 0 Å². The van der Waals surface area contributed by atoms with Crippen LogP contribution < -0.4 is 10.9 Å². The van der Waals surface area contributed by atoms with E-state index in [0.717, 1.165) is 5.56 Å². The molecule has 0 atom stereocenters. The highest BCUT2D eigenvalue weighted by atomic mass is 35.5. The lowest BCUT2D eigenvalue weighted by molar-refractivity contribution is 0.0734. The molecule has 1 aliphatic heterocycles. The zero-order chi connectivity index (χ0) is 21.4. The molecular formula is C21H20ClN5O3. The first-order valence-electron chi connectivity index (χ1n) is 9.39. The van der Waals surface area contributed by atoms with Crippen LogP contribution in [-0.2, 0) is 27.1 Å². The van der Waals surface area contributed by atoms with Crippen molar-refractivity contribution in [2.75, 3.05) is 11.9 Å². The summed E-state index contributed by atoms with van der Waals surface area (Å²) in [5, 5.41) is 7.29. The monoisotopic (exact) mass is 425 g/mol. The van der Waals surface area contributed by atoms with Gasteiger partial charge in [0.25, 0.3) is 17.4 Å². The molecular weight excluding hydrogens is 406 g/mol. The number of halogens is 1. The van der Waals surface area contributed by atoms with Crippen LogP contribution in [0.3, 0.4) is 0 Å². The van der Waals surface area contributed by atoms with Crippen molar-refractivity contribution in [1.82, 2.24) is 19.2 Å². The van der Waals surface area contributed by atoms with Gasteiger partial charge in [-0.15, -0.1) is 0 Å². The molecule has 0 saturated carbocycles. The molecule has 30 heavy (non-hydrogen) atoms. The number of aryl methyl sites for hydroxylation is 2. The second kappa shape index (κ2) is 7.79. The quantitative estimate of drug-likeness (QED) is 0.696. The summed E-state index contributed by atoms with van der Waals surface area (Å²) < 4.78 is 2.96. The van der Waals surface area contributed by atoms with Gasteiger partial charge in [0.15, 0.2) is 0 Å². The molecule has 8 nitrogen and oxygen atoms in total. The average molecular weight is 426 g/mol. The van der Waals surface area contributed by atoms with Crippen molar-refractivity contribution in [1.29, 1.82) is 0 Å². The Balaban J connectivity index is 1.65. The smallest absolute Gasteiger partial charge is 0.263 e. The largest absolute Gasteiger partial charge is 0.334 e. The van der Waals surface area contributed by atoms with E-state index < -0.39 is 5.91 Å². The van der Waals surface area contributed by atoms with E-state index in [1.165, 1.54) is 10.8 Å². The number of pyridine rings is 1. The number of benzene rings is 1. The summed E-state index contributed by atoms with van der Waals surface area (Å²) in [5.41, 5.74) is 2.19. The number of amides is 2. The van der Waals surface area contributed by atoms with Gasteiger partial charge in [-0.05, 0) is 35.7 Å². The summed E-state index contributed by atoms with van der Waals surface area (Å²) in [4.78, 5) is 40.2. The third kappa shape index (κ3) is 3.73. The Labute approximate surface area is 177 Å². The average Bonchev–Trinajstić information content (AvgIpc) is 3.14. The minimum absolute atomic E-state index is 0.100. The molecule has 0 saturated heterocycles. The van der Waals surface area contributed by atoms with Crippen molar-refractivity contribution in [3.05, 3.63) is 80.5 Å². The number of nitrogens with zero attached hydrogens (tertiary/aromatic N) is 4. The molecule has 2 aromatic heterocycles. The maximum atomic E-state index is 13.0. The first-order valence-corrected chi connectivity index (χ1v) is 9.77. The fourth-order valence-corrected chi connectivity index (χ4v) is 3.86. The number of nitrogens with one attached hydrogen (secondary N) is 1. The van der Waals surface area contributed by atoms with Crippen LogP contribution in [0, 0.1) is 0 Å². The zero-order valence-corrected chi connectivity index (χ0v) is 17.3. The SMILES string of the molecule is Cn1cc(C(=O)N2CCc3c(cn(C)c(=O)c3C(=O)Nc3cccc(Cl)c3)C2)cn1. The Morgan fingerprint density at radius 2 is 2.00 bits per heavy atom. The molecule has 2 amide bonds. The van der Waals surface area contributed by atoms with E-state index in [1.54, 1.807) is 60.3 Å². The summed E-state index contributed by atoms with van der Waals surface area (Å²) in [6.45, 7) is 0.722. The molecule has 0 bridgehead atoms. The number of rotatable bonds is 3. The molecule has 9 heteroatoms. The van der Waals surface area contributed by atoms with E-state index in [0.29, 0.717) is 41.3 Å². The maximum absolute atomic E-state index is 13.0. The van der Waals surface area contributed by atoms with Crippen LogP contribution >= 0.6 is 11.6 Å². The van der Waals surface area contributed by atoms with Gasteiger partial charge in [0.05, 0.1) is 11.8 Å². The number of anilines is 1. The number of hydrogen-bond donors (Lipinski definition) is 1. The standard InChI is InChI=1S/C21H20ClN5O3/c1-25-10-14-12-27(20(29)13-9-23-26(2)11-13)7-6-17(14)18(21(25)30)19(28)24-16-5-3-4-15(22)8-16/h3-5,8-11H,6-7,12H2,1-2H3,(H,24,28). The van der Waals surface area contributed by atoms with Crippen LogP contribution in [0.2, 0.25) is 5.02 Å². The van der Waals surface area contributed by atoms with Crippen LogP contribution in [0.15, 0.2) is 47.7 Å². The second-order valence-corrected chi connectivity index (χ2v) is 7.70. The number of carbonyl (C=O) groups excluding carboxylic acids is 2. The molecule has 154 valence electrons. The van der Waals surface area contributed by atoms with Gasteiger partial charge < -0.3 is 14.8 Å². The Morgan fingerprint density at radius 1 is 1.20 bits per heavy atom. The lowest BCUT2D eigenvalue weighted by Gasteiger charge is -2.30. The normalized spacial score (nSPS) is 13.1.